The van der Waals surface area contributed by atoms with E-state index in [-0.39, 0.29) is 17.2 Å². The van der Waals surface area contributed by atoms with E-state index >= 15 is 0 Å². The van der Waals surface area contributed by atoms with Crippen LogP contribution in [0.25, 0.3) is 0 Å². The summed E-state index contributed by atoms with van der Waals surface area (Å²) >= 11 is 1.62. The lowest BCUT2D eigenvalue weighted by atomic mass is 10.1. The predicted molar refractivity (Wildman–Crippen MR) is 99.2 cm³/mol. The standard InChI is InChI=1S/C19H20N2O2S/c1-3-17(22)20-15-8-6-14(7-9-15)19-21(18(23)12-24-19)16-10-4-13(2)5-11-16/h4-11,19H,3,12H2,1-2H3,(H,20,22)/t19-/m1/s1. The topological polar surface area (TPSA) is 49.4 Å². The minimum Gasteiger partial charge on any atom is -0.326 e. The molecule has 0 bridgehead atoms. The Balaban J connectivity index is 1.83. The average molecular weight is 340 g/mol. The van der Waals surface area contributed by atoms with Crippen molar-refractivity contribution in [2.45, 2.75) is 25.6 Å². The van der Waals surface area contributed by atoms with E-state index in [1.54, 1.807) is 11.8 Å². The minimum absolute atomic E-state index is 0.00514. The molecule has 1 N–H and O–H groups in total. The molecule has 0 aromatic heterocycles. The van der Waals surface area contributed by atoms with E-state index in [0.717, 1.165) is 16.9 Å². The van der Waals surface area contributed by atoms with Gasteiger partial charge < -0.3 is 5.32 Å². The number of hydrogen-bond acceptors (Lipinski definition) is 3. The lowest BCUT2D eigenvalue weighted by Gasteiger charge is -2.24. The molecule has 124 valence electrons. The van der Waals surface area contributed by atoms with Crippen LogP contribution in [0.4, 0.5) is 11.4 Å². The lowest BCUT2D eigenvalue weighted by Crippen LogP contribution is -2.27. The normalized spacial score (nSPS) is 17.2. The van der Waals surface area contributed by atoms with Crippen molar-refractivity contribution in [3.8, 4) is 0 Å². The number of benzene rings is 2. The Bertz CT molecular complexity index is 741. The molecular weight excluding hydrogens is 320 g/mol. The number of rotatable bonds is 4. The van der Waals surface area contributed by atoms with Gasteiger partial charge in [0.15, 0.2) is 0 Å². The van der Waals surface area contributed by atoms with Gasteiger partial charge in [0.25, 0.3) is 0 Å². The largest absolute Gasteiger partial charge is 0.326 e. The molecule has 2 aromatic carbocycles. The number of thioether (sulfide) groups is 1. The highest BCUT2D eigenvalue weighted by atomic mass is 32.2. The number of carbonyl (C=O) groups is 2. The molecule has 3 rings (SSSR count). The number of aryl methyl sites for hydroxylation is 1. The Kier molecular flexibility index (Phi) is 4.90. The number of amides is 2. The van der Waals surface area contributed by atoms with Crippen molar-refractivity contribution in [2.24, 2.45) is 0 Å². The first-order chi connectivity index (χ1) is 11.6. The Labute approximate surface area is 146 Å². The molecule has 0 spiro atoms. The van der Waals surface area contributed by atoms with Crippen LogP contribution in [0.1, 0.15) is 29.8 Å². The molecule has 1 aliphatic heterocycles. The van der Waals surface area contributed by atoms with Crippen molar-refractivity contribution in [1.29, 1.82) is 0 Å². The highest BCUT2D eigenvalue weighted by molar-refractivity contribution is 8.00. The number of nitrogens with one attached hydrogen (secondary N) is 1. The van der Waals surface area contributed by atoms with Crippen molar-refractivity contribution in [2.75, 3.05) is 16.0 Å². The van der Waals surface area contributed by atoms with Crippen molar-refractivity contribution in [1.82, 2.24) is 0 Å². The maximum Gasteiger partial charge on any atom is 0.238 e. The van der Waals surface area contributed by atoms with E-state index in [1.807, 2.05) is 67.3 Å². The Morgan fingerprint density at radius 1 is 1.17 bits per heavy atom. The molecule has 0 saturated carbocycles. The van der Waals surface area contributed by atoms with Gasteiger partial charge in [-0.2, -0.15) is 0 Å². The fourth-order valence-corrected chi connectivity index (χ4v) is 3.81. The fraction of sp³-hybridized carbons (Fsp3) is 0.263. The maximum atomic E-state index is 12.3. The quantitative estimate of drug-likeness (QED) is 0.911. The summed E-state index contributed by atoms with van der Waals surface area (Å²) in [5, 5.41) is 2.81. The minimum atomic E-state index is -0.0314. The van der Waals surface area contributed by atoms with Gasteiger partial charge in [-0.15, -0.1) is 11.8 Å². The number of hydrogen-bond donors (Lipinski definition) is 1. The summed E-state index contributed by atoms with van der Waals surface area (Å²) in [4.78, 5) is 25.7. The van der Waals surface area contributed by atoms with E-state index in [2.05, 4.69) is 5.32 Å². The molecule has 1 atom stereocenters. The zero-order chi connectivity index (χ0) is 17.1. The van der Waals surface area contributed by atoms with E-state index in [4.69, 9.17) is 0 Å². The maximum absolute atomic E-state index is 12.3. The van der Waals surface area contributed by atoms with Crippen LogP contribution in [0.2, 0.25) is 0 Å². The van der Waals surface area contributed by atoms with Crippen LogP contribution in [-0.2, 0) is 9.59 Å². The zero-order valence-corrected chi connectivity index (χ0v) is 14.6. The summed E-state index contributed by atoms with van der Waals surface area (Å²) in [6, 6.07) is 15.7. The number of nitrogens with zero attached hydrogens (tertiary/aromatic N) is 1. The molecule has 24 heavy (non-hydrogen) atoms. The Morgan fingerprint density at radius 3 is 2.46 bits per heavy atom. The van der Waals surface area contributed by atoms with Crippen molar-refractivity contribution >= 4 is 35.0 Å². The molecule has 2 aromatic rings. The van der Waals surface area contributed by atoms with E-state index in [9.17, 15) is 9.59 Å². The first-order valence-corrected chi connectivity index (χ1v) is 9.03. The van der Waals surface area contributed by atoms with E-state index < -0.39 is 0 Å². The molecule has 0 unspecified atom stereocenters. The van der Waals surface area contributed by atoms with Gasteiger partial charge in [0.2, 0.25) is 11.8 Å². The van der Waals surface area contributed by atoms with Crippen LogP contribution in [0.15, 0.2) is 48.5 Å². The number of carbonyl (C=O) groups excluding carboxylic acids is 2. The van der Waals surface area contributed by atoms with Crippen LogP contribution in [-0.4, -0.2) is 17.6 Å². The van der Waals surface area contributed by atoms with Gasteiger partial charge in [0.1, 0.15) is 5.37 Å². The average Bonchev–Trinajstić information content (AvgIpc) is 2.98. The third-order valence-electron chi connectivity index (χ3n) is 3.98. The van der Waals surface area contributed by atoms with Gasteiger partial charge in [0, 0.05) is 17.8 Å². The van der Waals surface area contributed by atoms with Gasteiger partial charge in [-0.1, -0.05) is 36.8 Å². The first-order valence-electron chi connectivity index (χ1n) is 7.98. The van der Waals surface area contributed by atoms with Crippen molar-refractivity contribution in [3.05, 3.63) is 59.7 Å². The molecule has 1 saturated heterocycles. The lowest BCUT2D eigenvalue weighted by molar-refractivity contribution is -0.116. The van der Waals surface area contributed by atoms with Crippen molar-refractivity contribution in [3.63, 3.8) is 0 Å². The van der Waals surface area contributed by atoms with E-state index in [0.29, 0.717) is 12.2 Å². The molecule has 1 fully saturated rings. The van der Waals surface area contributed by atoms with Gasteiger partial charge in [0.05, 0.1) is 5.75 Å². The second kappa shape index (κ2) is 7.09. The van der Waals surface area contributed by atoms with Gasteiger partial charge in [-0.25, -0.2) is 0 Å². The van der Waals surface area contributed by atoms with E-state index in [1.165, 1.54) is 5.56 Å². The van der Waals surface area contributed by atoms with Gasteiger partial charge >= 0.3 is 0 Å². The van der Waals surface area contributed by atoms with Gasteiger partial charge in [-0.05, 0) is 36.8 Å². The second-order valence-electron chi connectivity index (χ2n) is 5.79. The van der Waals surface area contributed by atoms with Crippen LogP contribution < -0.4 is 10.2 Å². The Hall–Kier alpha value is -2.27. The fourth-order valence-electron chi connectivity index (χ4n) is 2.64. The summed E-state index contributed by atoms with van der Waals surface area (Å²) in [6.45, 7) is 3.86. The van der Waals surface area contributed by atoms with Crippen LogP contribution in [0.3, 0.4) is 0 Å². The van der Waals surface area contributed by atoms with Crippen LogP contribution >= 0.6 is 11.8 Å². The molecule has 5 heteroatoms. The summed E-state index contributed by atoms with van der Waals surface area (Å²) in [5.41, 5.74) is 3.93. The second-order valence-corrected chi connectivity index (χ2v) is 6.85. The molecule has 0 radical (unpaired) electrons. The van der Waals surface area contributed by atoms with Crippen molar-refractivity contribution < 1.29 is 9.59 Å². The highest BCUT2D eigenvalue weighted by Crippen LogP contribution is 2.41. The highest BCUT2D eigenvalue weighted by Gasteiger charge is 2.33. The molecule has 2 amide bonds. The Morgan fingerprint density at radius 2 is 1.83 bits per heavy atom. The SMILES string of the molecule is CCC(=O)Nc1ccc([C@H]2SCC(=O)N2c2ccc(C)cc2)cc1. The zero-order valence-electron chi connectivity index (χ0n) is 13.8. The molecule has 1 aliphatic rings. The molecule has 4 nitrogen and oxygen atoms in total. The summed E-state index contributed by atoms with van der Waals surface area (Å²) < 4.78 is 0. The summed E-state index contributed by atoms with van der Waals surface area (Å²) in [5.74, 6) is 0.596. The monoisotopic (exact) mass is 340 g/mol. The third kappa shape index (κ3) is 3.46. The van der Waals surface area contributed by atoms with Crippen LogP contribution in [0, 0.1) is 6.92 Å². The van der Waals surface area contributed by atoms with Crippen LogP contribution in [0.5, 0.6) is 0 Å². The third-order valence-corrected chi connectivity index (χ3v) is 5.19. The molecular formula is C19H20N2O2S. The summed E-state index contributed by atoms with van der Waals surface area (Å²) in [6.07, 6.45) is 0.454. The molecule has 1 heterocycles. The van der Waals surface area contributed by atoms with Gasteiger partial charge in [-0.3, -0.25) is 14.5 Å². The number of anilines is 2. The predicted octanol–water partition coefficient (Wildman–Crippen LogP) is 4.12. The smallest absolute Gasteiger partial charge is 0.238 e. The molecule has 0 aliphatic carbocycles. The first kappa shape index (κ1) is 16.6. The summed E-state index contributed by atoms with van der Waals surface area (Å²) in [7, 11) is 0.